The zero-order valence-electron chi connectivity index (χ0n) is 8.98. The predicted molar refractivity (Wildman–Crippen MR) is 66.3 cm³/mol. The zero-order valence-corrected chi connectivity index (χ0v) is 10.6. The highest BCUT2D eigenvalue weighted by atomic mass is 35.5. The lowest BCUT2D eigenvalue weighted by molar-refractivity contribution is 0.218. The molecule has 1 atom stereocenters. The summed E-state index contributed by atoms with van der Waals surface area (Å²) in [6, 6.07) is 5.70. The van der Waals surface area contributed by atoms with E-state index >= 15 is 0 Å². The number of rotatable bonds is 3. The maximum Gasteiger partial charge on any atom is 0.125 e. The molecule has 0 amide bonds. The van der Waals surface area contributed by atoms with Crippen molar-refractivity contribution < 1.29 is 14.2 Å². The molecule has 1 aromatic carbocycles. The van der Waals surface area contributed by atoms with Gasteiger partial charge in [0.1, 0.15) is 17.7 Å². The van der Waals surface area contributed by atoms with Crippen LogP contribution in [0.5, 0.6) is 5.75 Å². The smallest absolute Gasteiger partial charge is 0.125 e. The highest BCUT2D eigenvalue weighted by Crippen LogP contribution is 2.36. The van der Waals surface area contributed by atoms with Gasteiger partial charge in [0.2, 0.25) is 0 Å². The lowest BCUT2D eigenvalue weighted by Gasteiger charge is -2.14. The lowest BCUT2D eigenvalue weighted by atomic mass is 10.1. The van der Waals surface area contributed by atoms with E-state index in [2.05, 4.69) is 0 Å². The van der Waals surface area contributed by atoms with E-state index in [9.17, 15) is 9.50 Å². The molecule has 0 aliphatic carbocycles. The van der Waals surface area contributed by atoms with Crippen molar-refractivity contribution in [2.75, 3.05) is 7.11 Å². The Bertz CT molecular complexity index is 527. The predicted octanol–water partition coefficient (Wildman–Crippen LogP) is 3.63. The molecule has 1 unspecified atom stereocenters. The third-order valence-electron chi connectivity index (χ3n) is 2.38. The van der Waals surface area contributed by atoms with Crippen LogP contribution in [0.2, 0.25) is 5.02 Å². The second-order valence-electron chi connectivity index (χ2n) is 3.42. The molecule has 0 saturated heterocycles. The molecule has 0 bridgehead atoms. The van der Waals surface area contributed by atoms with Gasteiger partial charge < -0.3 is 9.84 Å². The molecule has 90 valence electrons. The molecule has 0 fully saturated rings. The maximum atomic E-state index is 13.2. The van der Waals surface area contributed by atoms with Gasteiger partial charge in [0.05, 0.1) is 17.0 Å². The van der Waals surface area contributed by atoms with Crippen molar-refractivity contribution in [3.63, 3.8) is 0 Å². The first-order valence-corrected chi connectivity index (χ1v) is 6.13. The summed E-state index contributed by atoms with van der Waals surface area (Å²) in [5, 5.41) is 12.4. The Kier molecular flexibility index (Phi) is 3.66. The van der Waals surface area contributed by atoms with Crippen LogP contribution < -0.4 is 4.74 Å². The molecule has 1 aromatic heterocycles. The largest absolute Gasteiger partial charge is 0.496 e. The molecule has 5 heteroatoms. The second kappa shape index (κ2) is 5.04. The first-order valence-electron chi connectivity index (χ1n) is 4.88. The Morgan fingerprint density at radius 3 is 2.76 bits per heavy atom. The normalized spacial score (nSPS) is 12.5. The first kappa shape index (κ1) is 12.4. The SMILES string of the molecule is COc1ccc(F)cc1C(O)c1sccc1Cl. The molecular weight excluding hydrogens is 263 g/mol. The fourth-order valence-corrected chi connectivity index (χ4v) is 2.72. The number of halogens is 2. The third-order valence-corrected chi connectivity index (χ3v) is 3.79. The quantitative estimate of drug-likeness (QED) is 0.924. The van der Waals surface area contributed by atoms with Crippen LogP contribution in [0.15, 0.2) is 29.6 Å². The highest BCUT2D eigenvalue weighted by Gasteiger charge is 2.19. The number of hydrogen-bond acceptors (Lipinski definition) is 3. The van der Waals surface area contributed by atoms with Crippen LogP contribution in [-0.4, -0.2) is 12.2 Å². The molecule has 2 aromatic rings. The Hall–Kier alpha value is -1.10. The lowest BCUT2D eigenvalue weighted by Crippen LogP contribution is -2.01. The van der Waals surface area contributed by atoms with Gasteiger partial charge in [-0.3, -0.25) is 0 Å². The van der Waals surface area contributed by atoms with Crippen molar-refractivity contribution in [1.82, 2.24) is 0 Å². The van der Waals surface area contributed by atoms with Gasteiger partial charge in [-0.25, -0.2) is 4.39 Å². The van der Waals surface area contributed by atoms with E-state index in [4.69, 9.17) is 16.3 Å². The van der Waals surface area contributed by atoms with Crippen molar-refractivity contribution in [2.45, 2.75) is 6.10 Å². The molecule has 2 rings (SSSR count). The number of thiophene rings is 1. The van der Waals surface area contributed by atoms with Crippen LogP contribution in [0.25, 0.3) is 0 Å². The summed E-state index contributed by atoms with van der Waals surface area (Å²) < 4.78 is 18.3. The number of hydrogen-bond donors (Lipinski definition) is 1. The molecule has 0 saturated carbocycles. The molecule has 0 radical (unpaired) electrons. The van der Waals surface area contributed by atoms with Crippen molar-refractivity contribution in [1.29, 1.82) is 0 Å². The monoisotopic (exact) mass is 272 g/mol. The summed E-state index contributed by atoms with van der Waals surface area (Å²) in [6.45, 7) is 0. The summed E-state index contributed by atoms with van der Waals surface area (Å²) >= 11 is 7.25. The van der Waals surface area contributed by atoms with Crippen molar-refractivity contribution in [2.24, 2.45) is 0 Å². The van der Waals surface area contributed by atoms with Gasteiger partial charge in [0, 0.05) is 5.56 Å². The average Bonchev–Trinajstić information content (AvgIpc) is 2.74. The minimum atomic E-state index is -0.979. The van der Waals surface area contributed by atoms with Gasteiger partial charge in [-0.2, -0.15) is 0 Å². The Balaban J connectivity index is 2.46. The van der Waals surface area contributed by atoms with E-state index in [0.29, 0.717) is 21.2 Å². The number of aliphatic hydroxyl groups is 1. The van der Waals surface area contributed by atoms with E-state index < -0.39 is 11.9 Å². The molecule has 0 aliphatic heterocycles. The van der Waals surface area contributed by atoms with Crippen LogP contribution in [0.1, 0.15) is 16.5 Å². The first-order chi connectivity index (χ1) is 8.13. The summed E-state index contributed by atoms with van der Waals surface area (Å²) in [7, 11) is 1.47. The Labute approximate surface area is 107 Å². The molecule has 1 heterocycles. The molecule has 0 spiro atoms. The number of benzene rings is 1. The minimum Gasteiger partial charge on any atom is -0.496 e. The van der Waals surface area contributed by atoms with Crippen LogP contribution in [0, 0.1) is 5.82 Å². The molecule has 0 aliphatic rings. The maximum absolute atomic E-state index is 13.2. The Morgan fingerprint density at radius 2 is 2.18 bits per heavy atom. The molecule has 17 heavy (non-hydrogen) atoms. The standard InChI is InChI=1S/C12H10ClFO2S/c1-16-10-3-2-7(14)6-8(10)11(15)12-9(13)4-5-17-12/h2-6,11,15H,1H3. The number of ether oxygens (including phenoxy) is 1. The molecular formula is C12H10ClFO2S. The fourth-order valence-electron chi connectivity index (χ4n) is 1.56. The van der Waals surface area contributed by atoms with Gasteiger partial charge >= 0.3 is 0 Å². The summed E-state index contributed by atoms with van der Waals surface area (Å²) in [5.74, 6) is 0.0101. The van der Waals surface area contributed by atoms with Crippen LogP contribution >= 0.6 is 22.9 Å². The molecule has 2 nitrogen and oxygen atoms in total. The van der Waals surface area contributed by atoms with Gasteiger partial charge in [-0.05, 0) is 29.6 Å². The van der Waals surface area contributed by atoms with Gasteiger partial charge in [-0.1, -0.05) is 11.6 Å². The van der Waals surface area contributed by atoms with Gasteiger partial charge in [0.25, 0.3) is 0 Å². The van der Waals surface area contributed by atoms with Crippen LogP contribution in [0.4, 0.5) is 4.39 Å². The topological polar surface area (TPSA) is 29.5 Å². The Morgan fingerprint density at radius 1 is 1.41 bits per heavy atom. The second-order valence-corrected chi connectivity index (χ2v) is 4.78. The third kappa shape index (κ3) is 2.44. The van der Waals surface area contributed by atoms with Crippen LogP contribution in [0.3, 0.4) is 0 Å². The highest BCUT2D eigenvalue weighted by molar-refractivity contribution is 7.10. The van der Waals surface area contributed by atoms with Crippen molar-refractivity contribution in [3.05, 3.63) is 50.9 Å². The van der Waals surface area contributed by atoms with E-state index in [1.807, 2.05) is 0 Å². The van der Waals surface area contributed by atoms with Gasteiger partial charge in [-0.15, -0.1) is 11.3 Å². The average molecular weight is 273 g/mol. The summed E-state index contributed by atoms with van der Waals surface area (Å²) in [5.41, 5.74) is 0.372. The summed E-state index contributed by atoms with van der Waals surface area (Å²) in [6.07, 6.45) is -0.979. The van der Waals surface area contributed by atoms with Gasteiger partial charge in [0.15, 0.2) is 0 Å². The van der Waals surface area contributed by atoms with E-state index in [1.54, 1.807) is 11.4 Å². The van der Waals surface area contributed by atoms with E-state index in [-0.39, 0.29) is 0 Å². The molecule has 1 N–H and O–H groups in total. The van der Waals surface area contributed by atoms with Crippen LogP contribution in [-0.2, 0) is 0 Å². The van der Waals surface area contributed by atoms with E-state index in [0.717, 1.165) is 0 Å². The number of aliphatic hydroxyl groups excluding tert-OH is 1. The fraction of sp³-hybridized carbons (Fsp3) is 0.167. The van der Waals surface area contributed by atoms with Crippen molar-refractivity contribution in [3.8, 4) is 5.75 Å². The summed E-state index contributed by atoms with van der Waals surface area (Å²) in [4.78, 5) is 0.579. The van der Waals surface area contributed by atoms with Crippen molar-refractivity contribution >= 4 is 22.9 Å². The van der Waals surface area contributed by atoms with E-state index in [1.165, 1.54) is 36.6 Å². The zero-order chi connectivity index (χ0) is 12.4. The number of methoxy groups -OCH3 is 1. The minimum absolute atomic E-state index is 0.372.